The van der Waals surface area contributed by atoms with Crippen LogP contribution in [0.5, 0.6) is 0 Å². The molecule has 4 aromatic carbocycles. The molecule has 0 amide bonds. The average Bonchev–Trinajstić information content (AvgIpc) is 3.47. The van der Waals surface area contributed by atoms with E-state index in [1.54, 1.807) is 4.40 Å². The largest absolute Gasteiger partial charge is 0.512 e. The third-order valence-corrected chi connectivity index (χ3v) is 17.1. The molecule has 1 N–H and O–H groups in total. The average molecular weight is 985 g/mol. The van der Waals surface area contributed by atoms with Crippen LogP contribution in [0.1, 0.15) is 79.7 Å². The van der Waals surface area contributed by atoms with Gasteiger partial charge in [-0.25, -0.2) is 0 Å². The molecule has 6 aromatic rings. The van der Waals surface area contributed by atoms with E-state index in [9.17, 15) is 9.90 Å². The van der Waals surface area contributed by atoms with Crippen molar-refractivity contribution >= 4 is 78.8 Å². The molecule has 2 heterocycles. The van der Waals surface area contributed by atoms with Crippen molar-refractivity contribution in [3.63, 3.8) is 0 Å². The number of pyridine rings is 1. The minimum atomic E-state index is -1.87. The number of ketones is 1. The summed E-state index contributed by atoms with van der Waals surface area (Å²) in [6.07, 6.45) is 6.89. The number of aliphatic hydroxyl groups is 1. The summed E-state index contributed by atoms with van der Waals surface area (Å²) in [4.78, 5) is 16.7. The Morgan fingerprint density at radius 1 is 0.824 bits per heavy atom. The van der Waals surface area contributed by atoms with Gasteiger partial charge in [-0.2, -0.15) is 0 Å². The van der Waals surface area contributed by atoms with E-state index in [0.29, 0.717) is 0 Å². The normalized spacial score (nSPS) is 12.5. The molecule has 0 spiro atoms. The van der Waals surface area contributed by atoms with Crippen molar-refractivity contribution in [1.29, 1.82) is 0 Å². The minimum absolute atomic E-state index is 0. The van der Waals surface area contributed by atoms with Crippen LogP contribution in [0.25, 0.3) is 52.1 Å². The molecule has 3 nitrogen and oxygen atoms in total. The molecule has 271 valence electrons. The van der Waals surface area contributed by atoms with E-state index in [2.05, 4.69) is 111 Å². The van der Waals surface area contributed by atoms with Gasteiger partial charge in [0.05, 0.1) is 5.76 Å². The summed E-state index contributed by atoms with van der Waals surface area (Å²) in [5, 5.41) is 17.8. The second-order valence-corrected chi connectivity index (χ2v) is 28.5. The molecule has 6 rings (SSSR count). The van der Waals surface area contributed by atoms with Gasteiger partial charge >= 0.3 is 217 Å². The first-order valence-corrected chi connectivity index (χ1v) is 27.4. The summed E-state index contributed by atoms with van der Waals surface area (Å²) in [5.41, 5.74) is 3.62. The minimum Gasteiger partial charge on any atom is -0.512 e. The molecule has 0 fully saturated rings. The van der Waals surface area contributed by atoms with Gasteiger partial charge in [-0.05, 0) is 25.7 Å². The number of carbonyl (C=O) groups excluding carboxylic acids is 1. The zero-order valence-electron chi connectivity index (χ0n) is 32.0. The Labute approximate surface area is 327 Å². The van der Waals surface area contributed by atoms with Crippen LogP contribution in [0.2, 0.25) is 17.3 Å². The van der Waals surface area contributed by atoms with Gasteiger partial charge in [0.1, 0.15) is 0 Å². The molecule has 0 atom stereocenters. The van der Waals surface area contributed by atoms with E-state index >= 15 is 0 Å². The Morgan fingerprint density at radius 3 is 2.08 bits per heavy atom. The number of benzene rings is 4. The summed E-state index contributed by atoms with van der Waals surface area (Å²) in [5.74, 6) is 7.96. The van der Waals surface area contributed by atoms with Crippen LogP contribution in [0.4, 0.5) is 0 Å². The monoisotopic (exact) mass is 987 g/mol. The van der Waals surface area contributed by atoms with Gasteiger partial charge in [-0.15, -0.1) is 0 Å². The fraction of sp³-hybridized carbons (Fsp3) is 0.378. The van der Waals surface area contributed by atoms with Crippen LogP contribution in [-0.2, 0) is 30.3 Å². The van der Waals surface area contributed by atoms with Crippen LogP contribution >= 0.6 is 0 Å². The van der Waals surface area contributed by atoms with Crippen LogP contribution in [0.3, 0.4) is 0 Å². The number of nitrogens with zero attached hydrogens (tertiary/aromatic N) is 1. The second-order valence-electron chi connectivity index (χ2n) is 15.7. The number of aliphatic hydroxyl groups excluding tert-OH is 1. The summed E-state index contributed by atoms with van der Waals surface area (Å²) in [7, 11) is 0. The van der Waals surface area contributed by atoms with Crippen molar-refractivity contribution in [2.24, 2.45) is 11.8 Å². The summed E-state index contributed by atoms with van der Waals surface area (Å²) < 4.78 is 4.47. The molecular weight excluding hydrogens is 930 g/mol. The molecule has 6 heteroatoms. The van der Waals surface area contributed by atoms with Crippen LogP contribution < -0.4 is 4.40 Å². The maximum absolute atomic E-state index is 11.7. The van der Waals surface area contributed by atoms with Crippen LogP contribution in [-0.4, -0.2) is 43.6 Å². The molecule has 0 saturated carbocycles. The van der Waals surface area contributed by atoms with Gasteiger partial charge in [0.25, 0.3) is 0 Å². The summed E-state index contributed by atoms with van der Waals surface area (Å²) in [6, 6.07) is 28.8. The Bertz CT molecular complexity index is 2180. The first kappa shape index (κ1) is 41.2. The number of hydrogen-bond donors (Lipinski definition) is 1. The maximum Gasteiger partial charge on any atom is 0.162 e. The number of rotatable bonds is 9. The zero-order chi connectivity index (χ0) is 36.4. The molecule has 0 aliphatic heterocycles. The molecule has 0 unspecified atom stereocenters. The third kappa shape index (κ3) is 8.99. The smallest absolute Gasteiger partial charge is 0.162 e. The van der Waals surface area contributed by atoms with Crippen molar-refractivity contribution in [3.05, 3.63) is 96.4 Å². The predicted octanol–water partition coefficient (Wildman–Crippen LogP) is 11.9. The topological polar surface area (TPSA) is 50.2 Å². The van der Waals surface area contributed by atoms with Gasteiger partial charge in [-0.1, -0.05) is 27.7 Å². The van der Waals surface area contributed by atoms with E-state index in [1.807, 2.05) is 33.9 Å². The van der Waals surface area contributed by atoms with E-state index < -0.39 is 13.3 Å². The first-order chi connectivity index (χ1) is 23.7. The Kier molecular flexibility index (Phi) is 13.8. The standard InChI is InChI=1S/C32H30GeNSe.C13H24O2.Ir/c1-32(2,3)28-19-22(17-20-9-7-8-10-24(20)28)29-31-27(15-16-34-29)26-13-11-21-18-23(33(4,5)6)12-14-25(21)30(26)35-31;1-5-10(6-2)12(14)9-13(15)11(7-3)8-4;/h7-16,18-19H,1-6H3;9-11,14H,5-8H2,1-4H3;/q-1;;/b;12-9-;. The molecule has 0 saturated heterocycles. The van der Waals surface area contributed by atoms with Gasteiger partial charge < -0.3 is 5.11 Å². The van der Waals surface area contributed by atoms with E-state index in [1.165, 1.54) is 52.5 Å². The summed E-state index contributed by atoms with van der Waals surface area (Å²) >= 11 is -1.66. The zero-order valence-corrected chi connectivity index (χ0v) is 38.2. The second kappa shape index (κ2) is 17.1. The van der Waals surface area contributed by atoms with E-state index in [4.69, 9.17) is 4.98 Å². The third-order valence-electron chi connectivity index (χ3n) is 10.2. The quantitative estimate of drug-likeness (QED) is 0.0680. The number of fused-ring (bicyclic) bond motifs is 6. The molecule has 0 bridgehead atoms. The Balaban J connectivity index is 0.000000312. The van der Waals surface area contributed by atoms with Gasteiger partial charge in [-0.3, -0.25) is 4.79 Å². The molecule has 2 aromatic heterocycles. The SMILES string of the molecule is CC(C)(C)c1cc(-c2nccc3c2[se]c2c4cc[c]([Ge]([CH3])([CH3])[CH3])cc4ccc32)[c-]c2ccccc12.CCC(CC)C(=O)/C=C(\O)C(CC)CC.[Ir]. The number of hydrogen-bond acceptors (Lipinski definition) is 3. The van der Waals surface area contributed by atoms with Crippen molar-refractivity contribution in [2.45, 2.75) is 96.8 Å². The number of carbonyl (C=O) groups is 1. The molecule has 0 aliphatic rings. The van der Waals surface area contributed by atoms with E-state index in [-0.39, 0.29) is 63.4 Å². The maximum atomic E-state index is 11.7. The fourth-order valence-electron chi connectivity index (χ4n) is 6.91. The Hall–Kier alpha value is -2.53. The summed E-state index contributed by atoms with van der Waals surface area (Å²) in [6.45, 7) is 15.0. The van der Waals surface area contributed by atoms with Gasteiger partial charge in [0, 0.05) is 38.0 Å². The molecule has 1 radical (unpaired) electrons. The van der Waals surface area contributed by atoms with Gasteiger partial charge in [0.15, 0.2) is 5.78 Å². The first-order valence-electron chi connectivity index (χ1n) is 18.4. The van der Waals surface area contributed by atoms with Gasteiger partial charge in [0.2, 0.25) is 0 Å². The number of allylic oxidation sites excluding steroid dienone is 2. The Morgan fingerprint density at radius 2 is 1.45 bits per heavy atom. The molecular formula is C45H54GeIrNO2Se-. The predicted molar refractivity (Wildman–Crippen MR) is 221 cm³/mol. The van der Waals surface area contributed by atoms with Crippen LogP contribution in [0, 0.1) is 17.9 Å². The van der Waals surface area contributed by atoms with Crippen molar-refractivity contribution in [3.8, 4) is 11.3 Å². The number of aromatic nitrogens is 1. The van der Waals surface area contributed by atoms with Crippen molar-refractivity contribution < 1.29 is 30.0 Å². The van der Waals surface area contributed by atoms with Crippen LogP contribution in [0.15, 0.2) is 84.8 Å². The molecule has 51 heavy (non-hydrogen) atoms. The van der Waals surface area contributed by atoms with Crippen molar-refractivity contribution in [1.82, 2.24) is 4.98 Å². The fourth-order valence-corrected chi connectivity index (χ4v) is 12.2. The van der Waals surface area contributed by atoms with E-state index in [0.717, 1.165) is 36.9 Å². The van der Waals surface area contributed by atoms with Crippen molar-refractivity contribution in [2.75, 3.05) is 0 Å². The molecule has 0 aliphatic carbocycles.